The van der Waals surface area contributed by atoms with Crippen LogP contribution in [0.25, 0.3) is 0 Å². The number of amides is 2. The van der Waals surface area contributed by atoms with Gasteiger partial charge in [-0.3, -0.25) is 14.5 Å². The van der Waals surface area contributed by atoms with Crippen LogP contribution in [-0.4, -0.2) is 28.9 Å². The second-order valence-corrected chi connectivity index (χ2v) is 6.66. The Morgan fingerprint density at radius 2 is 1.84 bits per heavy atom. The topological polar surface area (TPSA) is 81.7 Å². The quantitative estimate of drug-likeness (QED) is 0.547. The number of anilines is 1. The Morgan fingerprint density at radius 1 is 1.12 bits per heavy atom. The lowest BCUT2D eigenvalue weighted by molar-refractivity contribution is -0.136. The minimum absolute atomic E-state index is 0.00875. The Kier molecular flexibility index (Phi) is 4.76. The maximum absolute atomic E-state index is 12.5. The highest BCUT2D eigenvalue weighted by Gasteiger charge is 2.37. The first kappa shape index (κ1) is 17.0. The number of phenols is 1. The van der Waals surface area contributed by atoms with Crippen molar-refractivity contribution in [2.24, 2.45) is 0 Å². The first-order valence-corrected chi connectivity index (χ1v) is 8.82. The highest BCUT2D eigenvalue weighted by Crippen LogP contribution is 2.29. The zero-order valence-electron chi connectivity index (χ0n) is 13.9. The largest absolute Gasteiger partial charge is 0.506 e. The normalized spacial score (nSPS) is 15.7. The van der Waals surface area contributed by atoms with Crippen LogP contribution in [0.3, 0.4) is 0 Å². The molecule has 0 fully saturated rings. The molecule has 0 unspecified atom stereocenters. The van der Waals surface area contributed by atoms with E-state index in [0.717, 1.165) is 16.2 Å². The number of nitrogens with zero attached hydrogens (tertiary/aromatic N) is 1. The van der Waals surface area contributed by atoms with Crippen LogP contribution in [0.5, 0.6) is 5.75 Å². The van der Waals surface area contributed by atoms with Crippen molar-refractivity contribution in [1.29, 1.82) is 0 Å². The summed E-state index contributed by atoms with van der Waals surface area (Å²) < 4.78 is 0. The molecule has 7 heteroatoms. The predicted octanol–water partition coefficient (Wildman–Crippen LogP) is 2.82. The van der Waals surface area contributed by atoms with Crippen molar-refractivity contribution < 1.29 is 14.7 Å². The monoisotopic (exact) mass is 357 g/mol. The fourth-order valence-corrected chi connectivity index (χ4v) is 3.50. The van der Waals surface area contributed by atoms with Gasteiger partial charge < -0.3 is 15.7 Å². The van der Waals surface area contributed by atoms with E-state index in [1.165, 1.54) is 13.1 Å². The van der Waals surface area contributed by atoms with Crippen LogP contribution in [0.2, 0.25) is 0 Å². The van der Waals surface area contributed by atoms with E-state index >= 15 is 0 Å². The summed E-state index contributed by atoms with van der Waals surface area (Å²) in [5, 5.41) is 18.0. The fraction of sp³-hybridized carbons (Fsp3) is 0.222. The van der Waals surface area contributed by atoms with Gasteiger partial charge in [0.25, 0.3) is 11.8 Å². The standard InChI is InChI=1S/C18H19N3O3S/c1-3-11(14-9-6-10-25-14)19-15-16(18(24)21(2)17(15)23)20-12-7-4-5-8-13(12)22/h4-11,19-20,22H,3H2,1-2H3/t11-/m1/s1. The molecule has 2 amide bonds. The maximum atomic E-state index is 12.5. The first-order valence-electron chi connectivity index (χ1n) is 7.94. The number of hydrogen-bond donors (Lipinski definition) is 3. The lowest BCUT2D eigenvalue weighted by atomic mass is 10.1. The molecule has 1 atom stereocenters. The molecular formula is C18H19N3O3S. The van der Waals surface area contributed by atoms with Gasteiger partial charge in [0.15, 0.2) is 0 Å². The number of nitrogens with one attached hydrogen (secondary N) is 2. The van der Waals surface area contributed by atoms with Crippen LogP contribution < -0.4 is 10.6 Å². The van der Waals surface area contributed by atoms with E-state index in [2.05, 4.69) is 10.6 Å². The third-order valence-corrected chi connectivity index (χ3v) is 5.05. The average molecular weight is 357 g/mol. The number of carbonyl (C=O) groups excluding carboxylic acids is 2. The molecule has 0 spiro atoms. The molecule has 1 aliphatic rings. The van der Waals surface area contributed by atoms with Gasteiger partial charge in [0, 0.05) is 11.9 Å². The summed E-state index contributed by atoms with van der Waals surface area (Å²) in [6.45, 7) is 2.01. The van der Waals surface area contributed by atoms with Gasteiger partial charge in [0.05, 0.1) is 11.7 Å². The van der Waals surface area contributed by atoms with E-state index in [1.807, 2.05) is 24.4 Å². The molecule has 0 aliphatic carbocycles. The molecule has 1 aliphatic heterocycles. The summed E-state index contributed by atoms with van der Waals surface area (Å²) in [7, 11) is 1.44. The van der Waals surface area contributed by atoms with Crippen LogP contribution in [0.4, 0.5) is 5.69 Å². The number of benzene rings is 1. The van der Waals surface area contributed by atoms with Crippen LogP contribution in [0, 0.1) is 0 Å². The molecule has 1 aromatic carbocycles. The summed E-state index contributed by atoms with van der Waals surface area (Å²) in [4.78, 5) is 27.1. The number of para-hydroxylation sites is 2. The second kappa shape index (κ2) is 6.98. The highest BCUT2D eigenvalue weighted by atomic mass is 32.1. The summed E-state index contributed by atoms with van der Waals surface area (Å²) >= 11 is 1.59. The molecule has 1 aromatic heterocycles. The minimum Gasteiger partial charge on any atom is -0.506 e. The predicted molar refractivity (Wildman–Crippen MR) is 97.0 cm³/mol. The third kappa shape index (κ3) is 3.23. The Morgan fingerprint density at radius 3 is 2.48 bits per heavy atom. The Bertz CT molecular complexity index is 830. The van der Waals surface area contributed by atoms with Crippen molar-refractivity contribution in [3.8, 4) is 5.75 Å². The van der Waals surface area contributed by atoms with E-state index in [9.17, 15) is 14.7 Å². The molecule has 0 radical (unpaired) electrons. The maximum Gasteiger partial charge on any atom is 0.279 e. The van der Waals surface area contributed by atoms with Gasteiger partial charge in [0.1, 0.15) is 17.1 Å². The molecule has 0 saturated heterocycles. The summed E-state index contributed by atoms with van der Waals surface area (Å²) in [5.74, 6) is -0.816. The van der Waals surface area contributed by atoms with Crippen molar-refractivity contribution in [2.45, 2.75) is 19.4 Å². The Labute approximate surface area is 149 Å². The molecule has 6 nitrogen and oxygen atoms in total. The SMILES string of the molecule is CC[C@@H](NC1=C(Nc2ccccc2O)C(=O)N(C)C1=O)c1cccs1. The molecule has 3 N–H and O–H groups in total. The molecule has 25 heavy (non-hydrogen) atoms. The lowest BCUT2D eigenvalue weighted by Gasteiger charge is -2.18. The highest BCUT2D eigenvalue weighted by molar-refractivity contribution is 7.10. The van der Waals surface area contributed by atoms with Gasteiger partial charge in [-0.25, -0.2) is 0 Å². The zero-order chi connectivity index (χ0) is 18.0. The van der Waals surface area contributed by atoms with Gasteiger partial charge in [-0.15, -0.1) is 11.3 Å². The number of hydrogen-bond acceptors (Lipinski definition) is 6. The number of carbonyl (C=O) groups is 2. The van der Waals surface area contributed by atoms with Crippen molar-refractivity contribution in [2.75, 3.05) is 12.4 Å². The van der Waals surface area contributed by atoms with E-state index in [4.69, 9.17) is 0 Å². The van der Waals surface area contributed by atoms with Crippen LogP contribution in [-0.2, 0) is 9.59 Å². The number of aromatic hydroxyl groups is 1. The number of imide groups is 1. The number of rotatable bonds is 6. The van der Waals surface area contributed by atoms with Crippen LogP contribution in [0.15, 0.2) is 53.2 Å². The number of phenolic OH excluding ortho intramolecular Hbond substituents is 1. The number of thiophene rings is 1. The molecule has 0 saturated carbocycles. The number of likely N-dealkylation sites (N-methyl/N-ethyl adjacent to an activating group) is 1. The van der Waals surface area contributed by atoms with Gasteiger partial charge in [-0.05, 0) is 30.0 Å². The summed E-state index contributed by atoms with van der Waals surface area (Å²) in [6.07, 6.45) is 0.763. The van der Waals surface area contributed by atoms with Crippen molar-refractivity contribution in [3.63, 3.8) is 0 Å². The van der Waals surface area contributed by atoms with E-state index in [-0.39, 0.29) is 23.2 Å². The van der Waals surface area contributed by atoms with Gasteiger partial charge in [0.2, 0.25) is 0 Å². The average Bonchev–Trinajstić information content (AvgIpc) is 3.21. The Hall–Kier alpha value is -2.80. The van der Waals surface area contributed by atoms with Crippen LogP contribution in [0.1, 0.15) is 24.3 Å². The van der Waals surface area contributed by atoms with Crippen LogP contribution >= 0.6 is 11.3 Å². The van der Waals surface area contributed by atoms with Crippen molar-refractivity contribution in [3.05, 3.63) is 58.0 Å². The zero-order valence-corrected chi connectivity index (χ0v) is 14.8. The van der Waals surface area contributed by atoms with E-state index < -0.39 is 11.8 Å². The minimum atomic E-state index is -0.434. The lowest BCUT2D eigenvalue weighted by Crippen LogP contribution is -2.31. The van der Waals surface area contributed by atoms with E-state index in [1.54, 1.807) is 29.5 Å². The smallest absolute Gasteiger partial charge is 0.279 e. The van der Waals surface area contributed by atoms with Crippen molar-refractivity contribution >= 4 is 28.8 Å². The molecule has 3 rings (SSSR count). The first-order chi connectivity index (χ1) is 12.0. The third-order valence-electron chi connectivity index (χ3n) is 4.06. The Balaban J connectivity index is 1.96. The molecule has 2 heterocycles. The van der Waals surface area contributed by atoms with Gasteiger partial charge in [-0.1, -0.05) is 25.1 Å². The summed E-state index contributed by atoms with van der Waals surface area (Å²) in [5.41, 5.74) is 0.734. The fourth-order valence-electron chi connectivity index (χ4n) is 2.64. The van der Waals surface area contributed by atoms with Gasteiger partial charge >= 0.3 is 0 Å². The van der Waals surface area contributed by atoms with Gasteiger partial charge in [-0.2, -0.15) is 0 Å². The summed E-state index contributed by atoms with van der Waals surface area (Å²) in [6, 6.07) is 10.5. The van der Waals surface area contributed by atoms with Crippen molar-refractivity contribution in [1.82, 2.24) is 10.2 Å². The molecule has 2 aromatic rings. The molecule has 130 valence electrons. The van der Waals surface area contributed by atoms with E-state index in [0.29, 0.717) is 5.69 Å². The second-order valence-electron chi connectivity index (χ2n) is 5.68. The molecule has 0 bridgehead atoms. The molecular weight excluding hydrogens is 338 g/mol.